The van der Waals surface area contributed by atoms with E-state index in [1.807, 2.05) is 0 Å². The third-order valence-electron chi connectivity index (χ3n) is 5.59. The summed E-state index contributed by atoms with van der Waals surface area (Å²) in [6, 6.07) is 13.5. The third-order valence-corrected chi connectivity index (χ3v) is 5.59. The van der Waals surface area contributed by atoms with Crippen LogP contribution in [0.15, 0.2) is 42.5 Å². The number of carbonyl (C=O) groups is 2. The highest BCUT2D eigenvalue weighted by molar-refractivity contribution is 5.97. The molecule has 7 nitrogen and oxygen atoms in total. The fourth-order valence-electron chi connectivity index (χ4n) is 3.81. The molecule has 3 rings (SSSR count). The van der Waals surface area contributed by atoms with Gasteiger partial charge in [-0.2, -0.15) is 0 Å². The number of rotatable bonds is 9. The second-order valence-corrected chi connectivity index (χ2v) is 7.73. The molecule has 1 aliphatic rings. The highest BCUT2D eigenvalue weighted by Gasteiger charge is 2.24. The van der Waals surface area contributed by atoms with E-state index in [0.29, 0.717) is 23.6 Å². The van der Waals surface area contributed by atoms with Crippen molar-refractivity contribution in [3.63, 3.8) is 0 Å². The molecule has 0 saturated carbocycles. The summed E-state index contributed by atoms with van der Waals surface area (Å²) < 4.78 is 10.4. The summed E-state index contributed by atoms with van der Waals surface area (Å²) in [7, 11) is 3.05. The molecule has 0 spiro atoms. The number of methoxy groups -OCH3 is 2. The largest absolute Gasteiger partial charge is 0.493 e. The zero-order chi connectivity index (χ0) is 22.2. The number of benzene rings is 2. The summed E-state index contributed by atoms with van der Waals surface area (Å²) in [5, 5.41) is 5.65. The summed E-state index contributed by atoms with van der Waals surface area (Å²) in [6.07, 6.45) is 2.36. The lowest BCUT2D eigenvalue weighted by Gasteiger charge is -2.28. The van der Waals surface area contributed by atoms with Gasteiger partial charge in [0, 0.05) is 12.1 Å². The van der Waals surface area contributed by atoms with Gasteiger partial charge in [-0.25, -0.2) is 0 Å². The van der Waals surface area contributed by atoms with Crippen LogP contribution in [0.2, 0.25) is 0 Å². The van der Waals surface area contributed by atoms with Crippen LogP contribution in [0.5, 0.6) is 11.5 Å². The van der Waals surface area contributed by atoms with Crippen LogP contribution < -0.4 is 20.1 Å². The van der Waals surface area contributed by atoms with Crippen LogP contribution in [-0.2, 0) is 4.79 Å². The van der Waals surface area contributed by atoms with Crippen molar-refractivity contribution < 1.29 is 19.1 Å². The van der Waals surface area contributed by atoms with E-state index in [4.69, 9.17) is 9.47 Å². The van der Waals surface area contributed by atoms with Crippen LogP contribution in [0, 0.1) is 6.92 Å². The number of hydrogen-bond donors (Lipinski definition) is 2. The molecule has 1 atom stereocenters. The van der Waals surface area contributed by atoms with Gasteiger partial charge in [-0.15, -0.1) is 0 Å². The molecule has 1 aliphatic heterocycles. The summed E-state index contributed by atoms with van der Waals surface area (Å²) >= 11 is 0. The molecule has 0 bridgehead atoms. The Hall–Kier alpha value is -3.06. The summed E-state index contributed by atoms with van der Waals surface area (Å²) in [4.78, 5) is 27.2. The first kappa shape index (κ1) is 22.6. The van der Waals surface area contributed by atoms with Crippen molar-refractivity contribution >= 4 is 11.8 Å². The number of aryl methyl sites for hydroxylation is 1. The van der Waals surface area contributed by atoms with E-state index in [-0.39, 0.29) is 24.4 Å². The fraction of sp³-hybridized carbons (Fsp3) is 0.417. The van der Waals surface area contributed by atoms with Crippen molar-refractivity contribution in [2.24, 2.45) is 0 Å². The van der Waals surface area contributed by atoms with E-state index in [2.05, 4.69) is 46.7 Å². The molecule has 2 aromatic rings. The van der Waals surface area contributed by atoms with Gasteiger partial charge >= 0.3 is 0 Å². The van der Waals surface area contributed by atoms with E-state index in [1.165, 1.54) is 38.2 Å². The third kappa shape index (κ3) is 5.98. The van der Waals surface area contributed by atoms with E-state index < -0.39 is 0 Å². The van der Waals surface area contributed by atoms with Gasteiger partial charge in [0.1, 0.15) is 0 Å². The average molecular weight is 426 g/mol. The highest BCUT2D eigenvalue weighted by Crippen LogP contribution is 2.27. The van der Waals surface area contributed by atoms with Crippen LogP contribution in [-0.4, -0.2) is 57.1 Å². The molecule has 2 N–H and O–H groups in total. The number of nitrogens with zero attached hydrogens (tertiary/aromatic N) is 1. The van der Waals surface area contributed by atoms with Gasteiger partial charge in [0.2, 0.25) is 5.91 Å². The Morgan fingerprint density at radius 3 is 2.29 bits per heavy atom. The Morgan fingerprint density at radius 2 is 1.65 bits per heavy atom. The van der Waals surface area contributed by atoms with Crippen molar-refractivity contribution in [3.05, 3.63) is 59.2 Å². The maximum atomic E-state index is 12.4. The molecule has 1 saturated heterocycles. The summed E-state index contributed by atoms with van der Waals surface area (Å²) in [6.45, 7) is 4.55. The molecular formula is C24H31N3O4. The number of likely N-dealkylation sites (tertiary alicyclic amines) is 1. The van der Waals surface area contributed by atoms with Gasteiger partial charge in [-0.1, -0.05) is 29.8 Å². The molecule has 0 aromatic heterocycles. The van der Waals surface area contributed by atoms with Gasteiger partial charge < -0.3 is 20.1 Å². The molecule has 166 valence electrons. The lowest BCUT2D eigenvalue weighted by molar-refractivity contribution is -0.120. The predicted octanol–water partition coefficient (Wildman–Crippen LogP) is 2.70. The first-order valence-electron chi connectivity index (χ1n) is 10.6. The second-order valence-electron chi connectivity index (χ2n) is 7.73. The van der Waals surface area contributed by atoms with Crippen LogP contribution in [0.1, 0.15) is 40.4 Å². The van der Waals surface area contributed by atoms with Gasteiger partial charge in [0.25, 0.3) is 5.91 Å². The quantitative estimate of drug-likeness (QED) is 0.646. The molecule has 2 aromatic carbocycles. The van der Waals surface area contributed by atoms with Crippen LogP contribution in [0.4, 0.5) is 0 Å². The molecule has 2 amide bonds. The maximum Gasteiger partial charge on any atom is 0.251 e. The minimum Gasteiger partial charge on any atom is -0.493 e. The van der Waals surface area contributed by atoms with E-state index >= 15 is 0 Å². The van der Waals surface area contributed by atoms with Crippen molar-refractivity contribution in [2.75, 3.05) is 40.4 Å². The summed E-state index contributed by atoms with van der Waals surface area (Å²) in [5.74, 6) is 0.447. The smallest absolute Gasteiger partial charge is 0.251 e. The summed E-state index contributed by atoms with van der Waals surface area (Å²) in [5.41, 5.74) is 2.81. The monoisotopic (exact) mass is 425 g/mol. The second kappa shape index (κ2) is 10.8. The van der Waals surface area contributed by atoms with E-state index in [0.717, 1.165) is 13.1 Å². The Labute approximate surface area is 183 Å². The number of ether oxygens (including phenoxy) is 2. The lowest BCUT2D eigenvalue weighted by Crippen LogP contribution is -2.41. The number of hydrogen-bond acceptors (Lipinski definition) is 5. The zero-order valence-electron chi connectivity index (χ0n) is 18.4. The Balaban J connectivity index is 1.55. The topological polar surface area (TPSA) is 79.9 Å². The van der Waals surface area contributed by atoms with Gasteiger partial charge in [0.15, 0.2) is 11.5 Å². The number of carbonyl (C=O) groups excluding carboxylic acids is 2. The molecule has 31 heavy (non-hydrogen) atoms. The standard InChI is InChI=1S/C24H31N3O4/c1-17-6-8-18(9-7-17)20(27-12-4-5-13-27)15-25-23(28)16-26-24(29)19-10-11-21(30-2)22(14-19)31-3/h6-11,14,20H,4-5,12-13,15-16H2,1-3H3,(H,25,28)(H,26,29). The lowest BCUT2D eigenvalue weighted by atomic mass is 10.0. The fourth-order valence-corrected chi connectivity index (χ4v) is 3.81. The number of amides is 2. The maximum absolute atomic E-state index is 12.4. The Morgan fingerprint density at radius 1 is 0.968 bits per heavy atom. The average Bonchev–Trinajstić information content (AvgIpc) is 3.32. The molecule has 1 unspecified atom stereocenters. The molecule has 1 heterocycles. The normalized spacial score (nSPS) is 14.7. The molecule has 0 aliphatic carbocycles. The van der Waals surface area contributed by atoms with Crippen molar-refractivity contribution in [2.45, 2.75) is 25.8 Å². The van der Waals surface area contributed by atoms with Crippen molar-refractivity contribution in [1.29, 1.82) is 0 Å². The van der Waals surface area contributed by atoms with Gasteiger partial charge in [0.05, 0.1) is 26.8 Å². The first-order chi connectivity index (χ1) is 15.0. The minimum atomic E-state index is -0.342. The van der Waals surface area contributed by atoms with Gasteiger partial charge in [-0.05, 0) is 56.6 Å². The Kier molecular flexibility index (Phi) is 7.89. The molecule has 7 heteroatoms. The predicted molar refractivity (Wildman–Crippen MR) is 120 cm³/mol. The van der Waals surface area contributed by atoms with Crippen molar-refractivity contribution in [3.8, 4) is 11.5 Å². The minimum absolute atomic E-state index is 0.0895. The highest BCUT2D eigenvalue weighted by atomic mass is 16.5. The van der Waals surface area contributed by atoms with Gasteiger partial charge in [-0.3, -0.25) is 14.5 Å². The first-order valence-corrected chi connectivity index (χ1v) is 10.6. The van der Waals surface area contributed by atoms with Crippen LogP contribution in [0.3, 0.4) is 0 Å². The van der Waals surface area contributed by atoms with Crippen LogP contribution in [0.25, 0.3) is 0 Å². The SMILES string of the molecule is COc1ccc(C(=O)NCC(=O)NCC(c2ccc(C)cc2)N2CCCC2)cc1OC. The van der Waals surface area contributed by atoms with E-state index in [1.54, 1.807) is 18.2 Å². The molecule has 0 radical (unpaired) electrons. The zero-order valence-corrected chi connectivity index (χ0v) is 18.4. The number of nitrogens with one attached hydrogen (secondary N) is 2. The van der Waals surface area contributed by atoms with E-state index in [9.17, 15) is 9.59 Å². The molecular weight excluding hydrogens is 394 g/mol. The van der Waals surface area contributed by atoms with Crippen LogP contribution >= 0.6 is 0 Å². The Bertz CT molecular complexity index is 892. The molecule has 1 fully saturated rings. The van der Waals surface area contributed by atoms with Crippen molar-refractivity contribution in [1.82, 2.24) is 15.5 Å².